The van der Waals surface area contributed by atoms with Crippen LogP contribution in [0.5, 0.6) is 0 Å². The van der Waals surface area contributed by atoms with Crippen LogP contribution in [-0.2, 0) is 0 Å². The number of nitrogen functional groups attached to an aromatic ring is 1. The third-order valence-corrected chi connectivity index (χ3v) is 3.33. The average Bonchev–Trinajstić information content (AvgIpc) is 2.56. The number of fused-ring (bicyclic) bond motifs is 1. The predicted octanol–water partition coefficient (Wildman–Crippen LogP) is 3.14. The van der Waals surface area contributed by atoms with E-state index < -0.39 is 0 Å². The molecule has 3 heteroatoms. The lowest BCUT2D eigenvalue weighted by molar-refractivity contribution is 1.52. The Morgan fingerprint density at radius 3 is 2.36 bits per heavy atom. The Morgan fingerprint density at radius 1 is 0.864 bits per heavy atom. The van der Waals surface area contributed by atoms with E-state index in [0.717, 1.165) is 16.5 Å². The van der Waals surface area contributed by atoms with Gasteiger partial charge in [0.2, 0.25) is 0 Å². The van der Waals surface area contributed by atoms with E-state index in [0.29, 0.717) is 11.5 Å². The first-order valence-electron chi connectivity index (χ1n) is 6.91. The standard InChI is InChI=1S/C19H15N3/c20-18-9-5-14(6-10-18)11-12-22-19(21)17-8-7-15-3-1-2-4-16(15)13-17/h1-10,13H,20H2,(H2,21,22). The van der Waals surface area contributed by atoms with Crippen LogP contribution in [0.2, 0.25) is 0 Å². The highest BCUT2D eigenvalue weighted by Gasteiger charge is 1.99. The molecule has 0 atom stereocenters. The minimum atomic E-state index is 0.411. The smallest absolute Gasteiger partial charge is 0.141 e. The first-order valence-corrected chi connectivity index (χ1v) is 6.91. The maximum absolute atomic E-state index is 6.00. The number of hydrogen-bond donors (Lipinski definition) is 2. The minimum Gasteiger partial charge on any atom is -0.399 e. The van der Waals surface area contributed by atoms with Crippen LogP contribution in [0.4, 0.5) is 5.69 Å². The van der Waals surface area contributed by atoms with Gasteiger partial charge in [-0.2, -0.15) is 4.99 Å². The molecule has 0 saturated carbocycles. The van der Waals surface area contributed by atoms with Gasteiger partial charge in [0.15, 0.2) is 0 Å². The number of nitrogens with zero attached hydrogens (tertiary/aromatic N) is 1. The van der Waals surface area contributed by atoms with Crippen molar-refractivity contribution >= 4 is 22.3 Å². The van der Waals surface area contributed by atoms with Crippen molar-refractivity contribution in [2.75, 3.05) is 5.73 Å². The van der Waals surface area contributed by atoms with Crippen LogP contribution in [0.1, 0.15) is 11.1 Å². The van der Waals surface area contributed by atoms with Crippen LogP contribution in [0.15, 0.2) is 71.7 Å². The highest BCUT2D eigenvalue weighted by molar-refractivity contribution is 6.01. The van der Waals surface area contributed by atoms with Gasteiger partial charge in [-0.25, -0.2) is 0 Å². The molecule has 3 aromatic carbocycles. The molecule has 0 spiro atoms. The maximum Gasteiger partial charge on any atom is 0.141 e. The number of rotatable bonds is 1. The molecule has 106 valence electrons. The molecule has 0 aliphatic heterocycles. The number of benzene rings is 3. The van der Waals surface area contributed by atoms with E-state index in [-0.39, 0.29) is 0 Å². The third-order valence-electron chi connectivity index (χ3n) is 3.33. The summed E-state index contributed by atoms with van der Waals surface area (Å²) in [4.78, 5) is 4.12. The molecule has 0 saturated heterocycles. The molecule has 0 aliphatic rings. The number of nitrogens with two attached hydrogens (primary N) is 2. The molecule has 0 unspecified atom stereocenters. The third kappa shape index (κ3) is 3.08. The van der Waals surface area contributed by atoms with Gasteiger partial charge in [-0.3, -0.25) is 0 Å². The molecule has 22 heavy (non-hydrogen) atoms. The van der Waals surface area contributed by atoms with E-state index in [1.807, 2.05) is 48.5 Å². The molecule has 3 rings (SSSR count). The van der Waals surface area contributed by atoms with Gasteiger partial charge < -0.3 is 11.5 Å². The van der Waals surface area contributed by atoms with Gasteiger partial charge in [-0.15, -0.1) is 0 Å². The molecule has 0 heterocycles. The molecule has 0 fully saturated rings. The lowest BCUT2D eigenvalue weighted by Gasteiger charge is -2.01. The summed E-state index contributed by atoms with van der Waals surface area (Å²) in [6, 6.07) is 24.2. The van der Waals surface area contributed by atoms with E-state index in [4.69, 9.17) is 11.5 Å². The van der Waals surface area contributed by atoms with Crippen molar-refractivity contribution in [3.8, 4) is 12.0 Å². The van der Waals surface area contributed by atoms with Crippen LogP contribution < -0.4 is 11.5 Å². The Bertz CT molecular complexity index is 897. The first kappa shape index (κ1) is 13.7. The van der Waals surface area contributed by atoms with Crippen molar-refractivity contribution in [2.24, 2.45) is 10.7 Å². The normalized spacial score (nSPS) is 11.0. The Kier molecular flexibility index (Phi) is 3.76. The molecule has 4 N–H and O–H groups in total. The second kappa shape index (κ2) is 6.02. The van der Waals surface area contributed by atoms with Crippen molar-refractivity contribution in [2.45, 2.75) is 0 Å². The highest BCUT2D eigenvalue weighted by Crippen LogP contribution is 2.15. The molecule has 0 bridgehead atoms. The van der Waals surface area contributed by atoms with Gasteiger partial charge >= 0.3 is 0 Å². The fraction of sp³-hybridized carbons (Fsp3) is 0. The zero-order chi connectivity index (χ0) is 15.4. The van der Waals surface area contributed by atoms with Crippen LogP contribution in [-0.4, -0.2) is 5.84 Å². The summed E-state index contributed by atoms with van der Waals surface area (Å²) in [7, 11) is 0. The number of amidine groups is 1. The summed E-state index contributed by atoms with van der Waals surface area (Å²) in [6.07, 6.45) is 0. The molecule has 0 aromatic heterocycles. The first-order chi connectivity index (χ1) is 10.7. The summed E-state index contributed by atoms with van der Waals surface area (Å²) in [5.74, 6) is 3.35. The fourth-order valence-electron chi connectivity index (χ4n) is 2.13. The Morgan fingerprint density at radius 2 is 1.59 bits per heavy atom. The SMILES string of the molecule is NC(=NC#Cc1ccc(N)cc1)c1ccc2ccccc2c1. The summed E-state index contributed by atoms with van der Waals surface area (Å²) in [5.41, 5.74) is 14.1. The Hall–Kier alpha value is -3.25. The van der Waals surface area contributed by atoms with Crippen LogP contribution >= 0.6 is 0 Å². The molecule has 0 aliphatic carbocycles. The van der Waals surface area contributed by atoms with Crippen molar-refractivity contribution in [1.29, 1.82) is 0 Å². The topological polar surface area (TPSA) is 64.4 Å². The number of aliphatic imine (C=N–C) groups is 1. The predicted molar refractivity (Wildman–Crippen MR) is 92.4 cm³/mol. The Balaban J connectivity index is 1.85. The van der Waals surface area contributed by atoms with E-state index in [9.17, 15) is 0 Å². The Labute approximate surface area is 129 Å². The van der Waals surface area contributed by atoms with Crippen LogP contribution in [0, 0.1) is 12.0 Å². The summed E-state index contributed by atoms with van der Waals surface area (Å²) < 4.78 is 0. The van der Waals surface area contributed by atoms with Gasteiger partial charge in [0.1, 0.15) is 5.84 Å². The molecule has 0 amide bonds. The second-order valence-corrected chi connectivity index (χ2v) is 4.92. The van der Waals surface area contributed by atoms with E-state index in [1.54, 1.807) is 12.1 Å². The van der Waals surface area contributed by atoms with Crippen molar-refractivity contribution in [3.05, 3.63) is 77.9 Å². The summed E-state index contributed by atoms with van der Waals surface area (Å²) in [5, 5.41) is 2.30. The minimum absolute atomic E-state index is 0.411. The highest BCUT2D eigenvalue weighted by atomic mass is 14.8. The van der Waals surface area contributed by atoms with Crippen molar-refractivity contribution in [1.82, 2.24) is 0 Å². The molecule has 3 nitrogen and oxygen atoms in total. The zero-order valence-corrected chi connectivity index (χ0v) is 12.0. The molecule has 3 aromatic rings. The largest absolute Gasteiger partial charge is 0.399 e. The maximum atomic E-state index is 6.00. The monoisotopic (exact) mass is 285 g/mol. The van der Waals surface area contributed by atoms with Gasteiger partial charge in [-0.05, 0) is 47.0 Å². The fourth-order valence-corrected chi connectivity index (χ4v) is 2.13. The van der Waals surface area contributed by atoms with Gasteiger partial charge in [0.05, 0.1) is 0 Å². The van der Waals surface area contributed by atoms with Gasteiger partial charge in [0, 0.05) is 22.9 Å². The molecule has 0 radical (unpaired) electrons. The van der Waals surface area contributed by atoms with Gasteiger partial charge in [-0.1, -0.05) is 36.4 Å². The molecular weight excluding hydrogens is 270 g/mol. The van der Waals surface area contributed by atoms with Crippen LogP contribution in [0.3, 0.4) is 0 Å². The lowest BCUT2D eigenvalue weighted by Crippen LogP contribution is -2.12. The summed E-state index contributed by atoms with van der Waals surface area (Å²) in [6.45, 7) is 0. The number of anilines is 1. The van der Waals surface area contributed by atoms with E-state index in [2.05, 4.69) is 23.0 Å². The van der Waals surface area contributed by atoms with Gasteiger partial charge in [0.25, 0.3) is 0 Å². The van der Waals surface area contributed by atoms with E-state index >= 15 is 0 Å². The van der Waals surface area contributed by atoms with E-state index in [1.165, 1.54) is 5.39 Å². The van der Waals surface area contributed by atoms with Crippen LogP contribution in [0.25, 0.3) is 10.8 Å². The summed E-state index contributed by atoms with van der Waals surface area (Å²) >= 11 is 0. The number of hydrogen-bond acceptors (Lipinski definition) is 2. The van der Waals surface area contributed by atoms with Crippen molar-refractivity contribution < 1.29 is 0 Å². The van der Waals surface area contributed by atoms with Crippen molar-refractivity contribution in [3.63, 3.8) is 0 Å². The zero-order valence-electron chi connectivity index (χ0n) is 12.0. The average molecular weight is 285 g/mol. The second-order valence-electron chi connectivity index (χ2n) is 4.92. The lowest BCUT2D eigenvalue weighted by atomic mass is 10.1. The molecular formula is C19H15N3. The quantitative estimate of drug-likeness (QED) is 0.312.